The summed E-state index contributed by atoms with van der Waals surface area (Å²) >= 11 is 0. The van der Waals surface area contributed by atoms with Gasteiger partial charge in [0.2, 0.25) is 5.95 Å². The van der Waals surface area contributed by atoms with Gasteiger partial charge in [-0.3, -0.25) is 4.79 Å². The fourth-order valence-electron chi connectivity index (χ4n) is 3.94. The van der Waals surface area contributed by atoms with E-state index >= 15 is 0 Å². The number of sulfone groups is 2. The van der Waals surface area contributed by atoms with Gasteiger partial charge in [0, 0.05) is 38.9 Å². The maximum absolute atomic E-state index is 13.4. The Balaban J connectivity index is 1.56. The van der Waals surface area contributed by atoms with Gasteiger partial charge in [-0.1, -0.05) is 0 Å². The SMILES string of the molecule is CC(C)(Oc1ccc(S(C)(=O)=O)cc1C(=O)N1CCN(c2ncc3c(n2)CCS3(=O)=O)CC1)C(F)(F)F. The Kier molecular flexibility index (Phi) is 6.68. The minimum Gasteiger partial charge on any atom is -0.478 e. The minimum atomic E-state index is -4.75. The van der Waals surface area contributed by atoms with E-state index in [-0.39, 0.29) is 53.0 Å². The predicted octanol–water partition coefficient (Wildman–Crippen LogP) is 1.89. The molecule has 1 aromatic carbocycles. The standard InChI is InChI=1S/C22H25F3N4O6S2/c1-21(2,22(23,24)25)35-17-5-4-14(36(3,31)32)12-15(17)19(30)28-7-9-29(10-8-28)20-26-13-18-16(27-20)6-11-37(18,33)34/h4-5,12-13H,6-11H2,1-3H3. The molecule has 1 saturated heterocycles. The van der Waals surface area contributed by atoms with Crippen LogP contribution in [0.3, 0.4) is 0 Å². The maximum atomic E-state index is 13.4. The molecule has 0 saturated carbocycles. The van der Waals surface area contributed by atoms with Gasteiger partial charge in [-0.25, -0.2) is 26.8 Å². The molecule has 2 aliphatic heterocycles. The van der Waals surface area contributed by atoms with Crippen LogP contribution >= 0.6 is 0 Å². The smallest absolute Gasteiger partial charge is 0.427 e. The van der Waals surface area contributed by atoms with Crippen molar-refractivity contribution in [3.63, 3.8) is 0 Å². The molecule has 0 spiro atoms. The van der Waals surface area contributed by atoms with Crippen molar-refractivity contribution in [3.8, 4) is 5.75 Å². The second-order valence-electron chi connectivity index (χ2n) is 9.37. The average molecular weight is 563 g/mol. The predicted molar refractivity (Wildman–Crippen MR) is 126 cm³/mol. The van der Waals surface area contributed by atoms with E-state index in [9.17, 15) is 34.8 Å². The summed E-state index contributed by atoms with van der Waals surface area (Å²) in [6, 6.07) is 3.17. The third-order valence-electron chi connectivity index (χ3n) is 6.27. The molecule has 0 unspecified atom stereocenters. The van der Waals surface area contributed by atoms with E-state index in [4.69, 9.17) is 4.74 Å². The second-order valence-corrected chi connectivity index (χ2v) is 13.5. The van der Waals surface area contributed by atoms with E-state index in [0.717, 1.165) is 38.3 Å². The lowest BCUT2D eigenvalue weighted by molar-refractivity contribution is -0.234. The Bertz CT molecular complexity index is 1450. The van der Waals surface area contributed by atoms with E-state index < -0.39 is 37.4 Å². The number of nitrogens with zero attached hydrogens (tertiary/aromatic N) is 4. The van der Waals surface area contributed by atoms with E-state index in [2.05, 4.69) is 9.97 Å². The molecule has 3 heterocycles. The van der Waals surface area contributed by atoms with Crippen molar-refractivity contribution >= 4 is 31.5 Å². The molecule has 2 aliphatic rings. The number of alkyl halides is 3. The Morgan fingerprint density at radius 1 is 1.11 bits per heavy atom. The number of amides is 1. The molecule has 15 heteroatoms. The van der Waals surface area contributed by atoms with Crippen LogP contribution in [0.2, 0.25) is 0 Å². The molecule has 10 nitrogen and oxygen atoms in total. The Labute approximate surface area is 212 Å². The summed E-state index contributed by atoms with van der Waals surface area (Å²) in [6.07, 6.45) is -2.25. The first-order valence-corrected chi connectivity index (χ1v) is 14.8. The zero-order valence-corrected chi connectivity index (χ0v) is 21.9. The van der Waals surface area contributed by atoms with Crippen LogP contribution in [0.1, 0.15) is 29.9 Å². The quantitative estimate of drug-likeness (QED) is 0.537. The fraction of sp³-hybridized carbons (Fsp3) is 0.500. The zero-order chi connectivity index (χ0) is 27.4. The van der Waals surface area contributed by atoms with E-state index in [1.54, 1.807) is 4.90 Å². The number of hydrogen-bond donors (Lipinski definition) is 0. The molecule has 1 aromatic heterocycles. The van der Waals surface area contributed by atoms with Crippen molar-refractivity contribution in [3.05, 3.63) is 35.7 Å². The number of aryl methyl sites for hydroxylation is 1. The number of piperazine rings is 1. The van der Waals surface area contributed by atoms with Crippen molar-refractivity contribution in [1.29, 1.82) is 0 Å². The van der Waals surface area contributed by atoms with Crippen LogP contribution in [0, 0.1) is 0 Å². The zero-order valence-electron chi connectivity index (χ0n) is 20.2. The number of halogens is 3. The Morgan fingerprint density at radius 3 is 2.35 bits per heavy atom. The van der Waals surface area contributed by atoms with Gasteiger partial charge in [-0.15, -0.1) is 0 Å². The topological polar surface area (TPSA) is 127 Å². The summed E-state index contributed by atoms with van der Waals surface area (Å²) in [5.74, 6) is -0.771. The fourth-order valence-corrected chi connectivity index (χ4v) is 5.99. The first kappa shape index (κ1) is 27.1. The summed E-state index contributed by atoms with van der Waals surface area (Å²) in [6.45, 7) is 2.45. The monoisotopic (exact) mass is 562 g/mol. The summed E-state index contributed by atoms with van der Waals surface area (Å²) < 4.78 is 93.6. The molecule has 0 aliphatic carbocycles. The van der Waals surface area contributed by atoms with E-state index in [0.29, 0.717) is 18.1 Å². The van der Waals surface area contributed by atoms with Gasteiger partial charge in [0.1, 0.15) is 10.6 Å². The van der Waals surface area contributed by atoms with Crippen LogP contribution in [0.25, 0.3) is 0 Å². The van der Waals surface area contributed by atoms with Crippen molar-refractivity contribution in [2.45, 2.75) is 41.8 Å². The largest absolute Gasteiger partial charge is 0.478 e. The first-order chi connectivity index (χ1) is 17.0. The highest BCUT2D eigenvalue weighted by molar-refractivity contribution is 7.91. The van der Waals surface area contributed by atoms with Crippen LogP contribution < -0.4 is 9.64 Å². The summed E-state index contributed by atoms with van der Waals surface area (Å²) in [5, 5.41) is 0. The molecule has 202 valence electrons. The van der Waals surface area contributed by atoms with Crippen LogP contribution in [-0.2, 0) is 26.1 Å². The highest BCUT2D eigenvalue weighted by Gasteiger charge is 2.50. The number of rotatable bonds is 5. The number of benzene rings is 1. The van der Waals surface area contributed by atoms with Crippen LogP contribution in [0.5, 0.6) is 5.75 Å². The van der Waals surface area contributed by atoms with Gasteiger partial charge in [-0.05, 0) is 32.0 Å². The highest BCUT2D eigenvalue weighted by Crippen LogP contribution is 2.36. The van der Waals surface area contributed by atoms with Crippen molar-refractivity contribution in [2.24, 2.45) is 0 Å². The van der Waals surface area contributed by atoms with Crippen molar-refractivity contribution in [2.75, 3.05) is 43.1 Å². The third-order valence-corrected chi connectivity index (χ3v) is 9.13. The van der Waals surface area contributed by atoms with Gasteiger partial charge in [0.05, 0.1) is 28.1 Å². The summed E-state index contributed by atoms with van der Waals surface area (Å²) in [5.41, 5.74) is -2.49. The first-order valence-electron chi connectivity index (χ1n) is 11.2. The molecule has 4 rings (SSSR count). The molecular formula is C22H25F3N4O6S2. The third kappa shape index (κ3) is 5.37. The van der Waals surface area contributed by atoms with Gasteiger partial charge in [0.15, 0.2) is 25.3 Å². The highest BCUT2D eigenvalue weighted by atomic mass is 32.2. The number of hydrogen-bond acceptors (Lipinski definition) is 9. The number of anilines is 1. The van der Waals surface area contributed by atoms with Gasteiger partial charge < -0.3 is 14.5 Å². The van der Waals surface area contributed by atoms with Crippen LogP contribution in [-0.4, -0.2) is 87.6 Å². The molecule has 1 fully saturated rings. The molecule has 1 amide bonds. The maximum Gasteiger partial charge on any atom is 0.427 e. The minimum absolute atomic E-state index is 0.0230. The average Bonchev–Trinajstić information content (AvgIpc) is 3.11. The lowest BCUT2D eigenvalue weighted by Gasteiger charge is -2.35. The lowest BCUT2D eigenvalue weighted by atomic mass is 10.1. The lowest BCUT2D eigenvalue weighted by Crippen LogP contribution is -2.49. The molecular weight excluding hydrogens is 537 g/mol. The van der Waals surface area contributed by atoms with Gasteiger partial charge in [0.25, 0.3) is 5.91 Å². The normalized spacial score (nSPS) is 18.0. The van der Waals surface area contributed by atoms with E-state index in [1.165, 1.54) is 11.1 Å². The number of ether oxygens (including phenoxy) is 1. The molecule has 0 atom stereocenters. The number of aromatic nitrogens is 2. The van der Waals surface area contributed by atoms with Crippen LogP contribution in [0.4, 0.5) is 19.1 Å². The number of carbonyl (C=O) groups excluding carboxylic acids is 1. The molecule has 2 aromatic rings. The second kappa shape index (κ2) is 9.11. The molecule has 0 radical (unpaired) electrons. The molecule has 37 heavy (non-hydrogen) atoms. The molecule has 0 bridgehead atoms. The number of fused-ring (bicyclic) bond motifs is 1. The Morgan fingerprint density at radius 2 is 1.76 bits per heavy atom. The van der Waals surface area contributed by atoms with Crippen molar-refractivity contribution < 1.29 is 39.5 Å². The van der Waals surface area contributed by atoms with Gasteiger partial charge in [-0.2, -0.15) is 13.2 Å². The summed E-state index contributed by atoms with van der Waals surface area (Å²) in [7, 11) is -7.12. The number of carbonyl (C=O) groups is 1. The van der Waals surface area contributed by atoms with Crippen LogP contribution in [0.15, 0.2) is 34.2 Å². The Hall–Kier alpha value is -2.94. The van der Waals surface area contributed by atoms with Crippen molar-refractivity contribution in [1.82, 2.24) is 14.9 Å². The van der Waals surface area contributed by atoms with Gasteiger partial charge >= 0.3 is 6.18 Å². The van der Waals surface area contributed by atoms with E-state index in [1.807, 2.05) is 0 Å². The summed E-state index contributed by atoms with van der Waals surface area (Å²) in [4.78, 5) is 24.9. The molecule has 0 N–H and O–H groups in total.